The summed E-state index contributed by atoms with van der Waals surface area (Å²) < 4.78 is 0. The first-order valence-corrected chi connectivity index (χ1v) is 7.17. The summed E-state index contributed by atoms with van der Waals surface area (Å²) in [6, 6.07) is 0.782. The van der Waals surface area contributed by atoms with Crippen molar-refractivity contribution < 1.29 is 4.79 Å². The van der Waals surface area contributed by atoms with Gasteiger partial charge in [0.05, 0.1) is 0 Å². The van der Waals surface area contributed by atoms with Crippen LogP contribution in [-0.2, 0) is 4.79 Å². The summed E-state index contributed by atoms with van der Waals surface area (Å²) in [6.07, 6.45) is 6.43. The standard InChI is InChI=1S/C14H28N2O/c1-4-13-8-5-6-10-16(13)11-7-9-15-14(17)12(2)3/h12-13H,4-11H2,1-3H3,(H,15,17)/t13-/m1/s1. The maximum Gasteiger partial charge on any atom is 0.222 e. The van der Waals surface area contributed by atoms with Crippen molar-refractivity contribution in [2.75, 3.05) is 19.6 Å². The highest BCUT2D eigenvalue weighted by molar-refractivity contribution is 5.77. The topological polar surface area (TPSA) is 32.3 Å². The molecule has 1 atom stereocenters. The van der Waals surface area contributed by atoms with Gasteiger partial charge in [0.15, 0.2) is 0 Å². The highest BCUT2D eigenvalue weighted by Gasteiger charge is 2.19. The highest BCUT2D eigenvalue weighted by atomic mass is 16.1. The first-order chi connectivity index (χ1) is 8.15. The van der Waals surface area contributed by atoms with Crippen molar-refractivity contribution in [1.82, 2.24) is 10.2 Å². The molecule has 1 heterocycles. The molecule has 3 nitrogen and oxygen atoms in total. The second-order valence-electron chi connectivity index (χ2n) is 5.39. The number of rotatable bonds is 6. The first kappa shape index (κ1) is 14.5. The molecule has 100 valence electrons. The molecule has 1 saturated heterocycles. The van der Waals surface area contributed by atoms with Crippen LogP contribution in [0.15, 0.2) is 0 Å². The molecular formula is C14H28N2O. The van der Waals surface area contributed by atoms with Crippen LogP contribution < -0.4 is 5.32 Å². The average Bonchev–Trinajstić information content (AvgIpc) is 2.34. The Morgan fingerprint density at radius 3 is 2.82 bits per heavy atom. The van der Waals surface area contributed by atoms with Crippen LogP contribution in [0.25, 0.3) is 0 Å². The lowest BCUT2D eigenvalue weighted by molar-refractivity contribution is -0.123. The Morgan fingerprint density at radius 1 is 1.41 bits per heavy atom. The molecule has 0 bridgehead atoms. The van der Waals surface area contributed by atoms with E-state index in [4.69, 9.17) is 0 Å². The van der Waals surface area contributed by atoms with Crippen LogP contribution in [0.3, 0.4) is 0 Å². The molecule has 3 heteroatoms. The molecule has 1 amide bonds. The number of nitrogens with one attached hydrogen (secondary N) is 1. The fourth-order valence-corrected chi connectivity index (χ4v) is 2.51. The molecule has 1 N–H and O–H groups in total. The van der Waals surface area contributed by atoms with Gasteiger partial charge in [0, 0.05) is 25.0 Å². The third-order valence-corrected chi connectivity index (χ3v) is 3.67. The van der Waals surface area contributed by atoms with Gasteiger partial charge in [-0.15, -0.1) is 0 Å². The molecule has 0 aliphatic carbocycles. The molecule has 17 heavy (non-hydrogen) atoms. The van der Waals surface area contributed by atoms with Crippen molar-refractivity contribution in [1.29, 1.82) is 0 Å². The zero-order valence-electron chi connectivity index (χ0n) is 11.7. The largest absolute Gasteiger partial charge is 0.356 e. The number of nitrogens with zero attached hydrogens (tertiary/aromatic N) is 1. The lowest BCUT2D eigenvalue weighted by Crippen LogP contribution is -2.40. The monoisotopic (exact) mass is 240 g/mol. The van der Waals surface area contributed by atoms with Crippen molar-refractivity contribution >= 4 is 5.91 Å². The van der Waals surface area contributed by atoms with E-state index in [1.54, 1.807) is 0 Å². The van der Waals surface area contributed by atoms with Crippen molar-refractivity contribution in [3.05, 3.63) is 0 Å². The number of piperidine rings is 1. The first-order valence-electron chi connectivity index (χ1n) is 7.17. The van der Waals surface area contributed by atoms with E-state index >= 15 is 0 Å². The number of amides is 1. The molecule has 1 fully saturated rings. The lowest BCUT2D eigenvalue weighted by atomic mass is 10.00. The molecule has 0 aromatic heterocycles. The summed E-state index contributed by atoms with van der Waals surface area (Å²) in [5, 5.41) is 2.99. The van der Waals surface area contributed by atoms with Crippen LogP contribution in [0.4, 0.5) is 0 Å². The third kappa shape index (κ3) is 5.07. The minimum atomic E-state index is 0.105. The van der Waals surface area contributed by atoms with Crippen LogP contribution in [0.2, 0.25) is 0 Å². The third-order valence-electron chi connectivity index (χ3n) is 3.67. The Hall–Kier alpha value is -0.570. The SMILES string of the molecule is CC[C@@H]1CCCCN1CCCNC(=O)C(C)C. The molecular weight excluding hydrogens is 212 g/mol. The highest BCUT2D eigenvalue weighted by Crippen LogP contribution is 2.19. The second kappa shape index (κ2) is 7.70. The molecule has 1 aliphatic heterocycles. The number of hydrogen-bond acceptors (Lipinski definition) is 2. The molecule has 1 aliphatic rings. The van der Waals surface area contributed by atoms with Crippen molar-refractivity contribution in [2.45, 2.75) is 58.9 Å². The number of carbonyl (C=O) groups excluding carboxylic acids is 1. The van der Waals surface area contributed by atoms with E-state index in [-0.39, 0.29) is 11.8 Å². The quantitative estimate of drug-likeness (QED) is 0.723. The molecule has 0 saturated carbocycles. The number of carbonyl (C=O) groups is 1. The van der Waals surface area contributed by atoms with Gasteiger partial charge in [-0.1, -0.05) is 27.2 Å². The normalized spacial score (nSPS) is 21.8. The molecule has 0 spiro atoms. The Balaban J connectivity index is 2.14. The predicted octanol–water partition coefficient (Wildman–Crippen LogP) is 2.41. The van der Waals surface area contributed by atoms with Crippen molar-refractivity contribution in [2.24, 2.45) is 5.92 Å². The van der Waals surface area contributed by atoms with Gasteiger partial charge in [-0.25, -0.2) is 0 Å². The molecule has 1 rings (SSSR count). The smallest absolute Gasteiger partial charge is 0.222 e. The van der Waals surface area contributed by atoms with Crippen molar-refractivity contribution in [3.63, 3.8) is 0 Å². The van der Waals surface area contributed by atoms with Crippen molar-refractivity contribution in [3.8, 4) is 0 Å². The number of likely N-dealkylation sites (tertiary alicyclic amines) is 1. The van der Waals surface area contributed by atoms with Gasteiger partial charge in [0.2, 0.25) is 5.91 Å². The predicted molar refractivity (Wildman–Crippen MR) is 72.0 cm³/mol. The Morgan fingerprint density at radius 2 is 2.18 bits per heavy atom. The second-order valence-corrected chi connectivity index (χ2v) is 5.39. The average molecular weight is 240 g/mol. The van der Waals surface area contributed by atoms with Crippen LogP contribution in [0.1, 0.15) is 52.9 Å². The maximum atomic E-state index is 11.4. The van der Waals surface area contributed by atoms with Gasteiger partial charge in [0.1, 0.15) is 0 Å². The molecule has 0 aromatic rings. The van der Waals surface area contributed by atoms with Gasteiger partial charge in [0.25, 0.3) is 0 Å². The summed E-state index contributed by atoms with van der Waals surface area (Å²) >= 11 is 0. The fourth-order valence-electron chi connectivity index (χ4n) is 2.51. The summed E-state index contributed by atoms with van der Waals surface area (Å²) in [4.78, 5) is 14.0. The minimum absolute atomic E-state index is 0.105. The van der Waals surface area contributed by atoms with Gasteiger partial charge in [-0.3, -0.25) is 4.79 Å². The molecule has 0 aromatic carbocycles. The van der Waals surface area contributed by atoms with E-state index in [2.05, 4.69) is 17.1 Å². The van der Waals surface area contributed by atoms with E-state index in [0.29, 0.717) is 0 Å². The lowest BCUT2D eigenvalue weighted by Gasteiger charge is -2.35. The zero-order valence-corrected chi connectivity index (χ0v) is 11.7. The molecule has 0 unspecified atom stereocenters. The maximum absolute atomic E-state index is 11.4. The summed E-state index contributed by atoms with van der Waals surface area (Å²) in [5.41, 5.74) is 0. The summed E-state index contributed by atoms with van der Waals surface area (Å²) in [7, 11) is 0. The fraction of sp³-hybridized carbons (Fsp3) is 0.929. The van der Waals surface area contributed by atoms with E-state index in [1.807, 2.05) is 13.8 Å². The van der Waals surface area contributed by atoms with Crippen LogP contribution >= 0.6 is 0 Å². The Labute approximate surface area is 106 Å². The van der Waals surface area contributed by atoms with Crippen LogP contribution in [-0.4, -0.2) is 36.5 Å². The van der Waals surface area contributed by atoms with Gasteiger partial charge in [-0.05, 0) is 32.2 Å². The Bertz CT molecular complexity index is 228. The summed E-state index contributed by atoms with van der Waals surface area (Å²) in [6.45, 7) is 9.36. The van der Waals surface area contributed by atoms with E-state index in [9.17, 15) is 4.79 Å². The van der Waals surface area contributed by atoms with E-state index in [0.717, 1.165) is 25.6 Å². The van der Waals surface area contributed by atoms with Gasteiger partial charge in [-0.2, -0.15) is 0 Å². The van der Waals surface area contributed by atoms with Crippen LogP contribution in [0.5, 0.6) is 0 Å². The number of hydrogen-bond donors (Lipinski definition) is 1. The zero-order chi connectivity index (χ0) is 12.7. The minimum Gasteiger partial charge on any atom is -0.356 e. The van der Waals surface area contributed by atoms with E-state index < -0.39 is 0 Å². The summed E-state index contributed by atoms with van der Waals surface area (Å²) in [5.74, 6) is 0.282. The molecule has 0 radical (unpaired) electrons. The van der Waals surface area contributed by atoms with Gasteiger partial charge >= 0.3 is 0 Å². The van der Waals surface area contributed by atoms with E-state index in [1.165, 1.54) is 32.2 Å². The van der Waals surface area contributed by atoms with Crippen LogP contribution in [0, 0.1) is 5.92 Å². The Kier molecular flexibility index (Phi) is 6.56. The van der Waals surface area contributed by atoms with Gasteiger partial charge < -0.3 is 10.2 Å².